The van der Waals surface area contributed by atoms with Crippen LogP contribution >= 0.6 is 11.3 Å². The summed E-state index contributed by atoms with van der Waals surface area (Å²) < 4.78 is 28.3. The molecule has 0 saturated carbocycles. The zero-order chi connectivity index (χ0) is 18.6. The molecule has 0 atom stereocenters. The van der Waals surface area contributed by atoms with E-state index in [1.165, 1.54) is 11.3 Å². The van der Waals surface area contributed by atoms with Crippen LogP contribution in [0.2, 0.25) is 0 Å². The van der Waals surface area contributed by atoms with Crippen LogP contribution in [0.4, 0.5) is 0 Å². The Balaban J connectivity index is 1.46. The van der Waals surface area contributed by atoms with Crippen molar-refractivity contribution in [2.75, 3.05) is 18.8 Å². The van der Waals surface area contributed by atoms with Gasteiger partial charge in [-0.25, -0.2) is 22.8 Å². The highest BCUT2D eigenvalue weighted by Gasteiger charge is 2.27. The average Bonchev–Trinajstić information content (AvgIpc) is 3.25. The number of carbonyl (C=O) groups is 2. The molecule has 1 aliphatic rings. The molecule has 2 aromatic rings. The molecule has 3 heterocycles. The predicted molar refractivity (Wildman–Crippen MR) is 95.3 cm³/mol. The topological polar surface area (TPSA) is 114 Å². The van der Waals surface area contributed by atoms with Crippen LogP contribution in [0.1, 0.15) is 25.0 Å². The Labute approximate surface area is 155 Å². The molecule has 0 aliphatic carbocycles. The highest BCUT2D eigenvalue weighted by Crippen LogP contribution is 2.14. The summed E-state index contributed by atoms with van der Waals surface area (Å²) in [6.45, 7) is 0.0969. The third-order valence-corrected chi connectivity index (χ3v) is 6.15. The van der Waals surface area contributed by atoms with Crippen LogP contribution in [0.5, 0.6) is 0 Å². The van der Waals surface area contributed by atoms with Crippen molar-refractivity contribution in [1.82, 2.24) is 24.4 Å². The fourth-order valence-corrected chi connectivity index (χ4v) is 4.34. The molecule has 0 radical (unpaired) electrons. The summed E-state index contributed by atoms with van der Waals surface area (Å²) in [7, 11) is -3.57. The largest absolute Gasteiger partial charge is 0.282 e. The van der Waals surface area contributed by atoms with Crippen molar-refractivity contribution < 1.29 is 18.0 Å². The standard InChI is InChI=1S/C15H19N5O4S2/c21-13-3-1-4-14(22)19(13)9-10-26(23,24)17-7-5-12-11-25-15(18-12)20-8-2-6-16-20/h2,6,8,11,17H,1,3-5,7,9-10H2. The molecule has 140 valence electrons. The van der Waals surface area contributed by atoms with Gasteiger partial charge in [-0.2, -0.15) is 5.10 Å². The lowest BCUT2D eigenvalue weighted by Crippen LogP contribution is -2.44. The molecule has 2 amide bonds. The Morgan fingerprint density at radius 3 is 2.69 bits per heavy atom. The number of hydrogen-bond acceptors (Lipinski definition) is 7. The number of nitrogens with zero attached hydrogens (tertiary/aromatic N) is 4. The predicted octanol–water partition coefficient (Wildman–Crippen LogP) is 0.330. The summed E-state index contributed by atoms with van der Waals surface area (Å²) in [5, 5.41) is 6.67. The smallest absolute Gasteiger partial charge is 0.229 e. The summed E-state index contributed by atoms with van der Waals surface area (Å²) >= 11 is 1.43. The van der Waals surface area contributed by atoms with Gasteiger partial charge >= 0.3 is 0 Å². The van der Waals surface area contributed by atoms with Gasteiger partial charge in [-0.3, -0.25) is 14.5 Å². The van der Waals surface area contributed by atoms with E-state index < -0.39 is 10.0 Å². The summed E-state index contributed by atoms with van der Waals surface area (Å²) in [4.78, 5) is 28.8. The minimum absolute atomic E-state index is 0.104. The maximum absolute atomic E-state index is 12.1. The number of carbonyl (C=O) groups excluding carboxylic acids is 2. The molecule has 0 unspecified atom stereocenters. The van der Waals surface area contributed by atoms with Crippen molar-refractivity contribution in [3.63, 3.8) is 0 Å². The molecule has 9 nitrogen and oxygen atoms in total. The minimum atomic E-state index is -3.57. The van der Waals surface area contributed by atoms with Crippen molar-refractivity contribution in [2.24, 2.45) is 0 Å². The Bertz CT molecular complexity index is 860. The van der Waals surface area contributed by atoms with E-state index in [2.05, 4.69) is 14.8 Å². The third kappa shape index (κ3) is 4.74. The van der Waals surface area contributed by atoms with Gasteiger partial charge in [0.2, 0.25) is 27.0 Å². The molecule has 0 spiro atoms. The number of imide groups is 1. The maximum Gasteiger partial charge on any atom is 0.229 e. The van der Waals surface area contributed by atoms with Gasteiger partial charge in [0.25, 0.3) is 0 Å². The lowest BCUT2D eigenvalue weighted by molar-refractivity contribution is -0.147. The van der Waals surface area contributed by atoms with Crippen LogP contribution in [0, 0.1) is 0 Å². The van der Waals surface area contributed by atoms with E-state index >= 15 is 0 Å². The monoisotopic (exact) mass is 397 g/mol. The number of sulfonamides is 1. The summed E-state index contributed by atoms with van der Waals surface area (Å²) in [5.41, 5.74) is 0.768. The van der Waals surface area contributed by atoms with Gasteiger partial charge in [-0.15, -0.1) is 11.3 Å². The van der Waals surface area contributed by atoms with Gasteiger partial charge in [-0.05, 0) is 12.5 Å². The number of hydrogen-bond donors (Lipinski definition) is 1. The minimum Gasteiger partial charge on any atom is -0.282 e. The molecule has 1 N–H and O–H groups in total. The number of aromatic nitrogens is 3. The summed E-state index contributed by atoms with van der Waals surface area (Å²) in [6, 6.07) is 1.80. The van der Waals surface area contributed by atoms with Gasteiger partial charge in [0.15, 0.2) is 0 Å². The molecule has 0 bridgehead atoms. The lowest BCUT2D eigenvalue weighted by atomic mass is 10.1. The van der Waals surface area contributed by atoms with E-state index in [4.69, 9.17) is 0 Å². The molecule has 1 saturated heterocycles. The molecule has 0 aromatic carbocycles. The number of nitrogens with one attached hydrogen (secondary N) is 1. The van der Waals surface area contributed by atoms with Crippen molar-refractivity contribution in [2.45, 2.75) is 25.7 Å². The number of piperidine rings is 1. The fourth-order valence-electron chi connectivity index (χ4n) is 2.57. The molecule has 2 aromatic heterocycles. The van der Waals surface area contributed by atoms with E-state index in [0.29, 0.717) is 25.7 Å². The molecule has 26 heavy (non-hydrogen) atoms. The Morgan fingerprint density at radius 1 is 1.23 bits per heavy atom. The van der Waals surface area contributed by atoms with Crippen LogP contribution in [0.25, 0.3) is 5.13 Å². The lowest BCUT2D eigenvalue weighted by Gasteiger charge is -2.24. The molecule has 3 rings (SSSR count). The first-order valence-corrected chi connectivity index (χ1v) is 10.7. The average molecular weight is 397 g/mol. The maximum atomic E-state index is 12.1. The van der Waals surface area contributed by atoms with Gasteiger partial charge in [0.1, 0.15) is 0 Å². The highest BCUT2D eigenvalue weighted by atomic mass is 32.2. The van der Waals surface area contributed by atoms with Gasteiger partial charge in [0, 0.05) is 50.1 Å². The summed E-state index contributed by atoms with van der Waals surface area (Å²) in [5.74, 6) is -0.893. The fraction of sp³-hybridized carbons (Fsp3) is 0.467. The number of rotatable bonds is 8. The molecule has 1 aliphatic heterocycles. The van der Waals surface area contributed by atoms with Crippen LogP contribution in [-0.4, -0.2) is 58.7 Å². The van der Waals surface area contributed by atoms with Crippen LogP contribution < -0.4 is 4.72 Å². The first-order chi connectivity index (χ1) is 12.4. The van der Waals surface area contributed by atoms with Gasteiger partial charge < -0.3 is 0 Å². The first kappa shape index (κ1) is 18.7. The van der Waals surface area contributed by atoms with Crippen molar-refractivity contribution >= 4 is 33.2 Å². The third-order valence-electron chi connectivity index (χ3n) is 3.91. The Morgan fingerprint density at radius 2 is 2.00 bits per heavy atom. The zero-order valence-electron chi connectivity index (χ0n) is 14.0. The van der Waals surface area contributed by atoms with Gasteiger partial charge in [-0.1, -0.05) is 0 Å². The molecular formula is C15H19N5O4S2. The number of likely N-dealkylation sites (tertiary alicyclic amines) is 1. The van der Waals surface area contributed by atoms with E-state index in [9.17, 15) is 18.0 Å². The molecule has 1 fully saturated rings. The van der Waals surface area contributed by atoms with Crippen molar-refractivity contribution in [3.8, 4) is 5.13 Å². The van der Waals surface area contributed by atoms with Crippen LogP contribution in [0.15, 0.2) is 23.8 Å². The van der Waals surface area contributed by atoms with Crippen LogP contribution in [-0.2, 0) is 26.0 Å². The zero-order valence-corrected chi connectivity index (χ0v) is 15.6. The SMILES string of the molecule is O=C1CCCC(=O)N1CCS(=O)(=O)NCCc1csc(-n2cccn2)n1. The number of thiazole rings is 1. The first-order valence-electron chi connectivity index (χ1n) is 8.19. The second-order valence-electron chi connectivity index (χ2n) is 5.83. The summed E-state index contributed by atoms with van der Waals surface area (Å²) in [6.07, 6.45) is 5.01. The second-order valence-corrected chi connectivity index (χ2v) is 8.59. The highest BCUT2D eigenvalue weighted by molar-refractivity contribution is 7.89. The Hall–Kier alpha value is -2.11. The van der Waals surface area contributed by atoms with Gasteiger partial charge in [0.05, 0.1) is 11.4 Å². The normalized spacial score (nSPS) is 15.6. The van der Waals surface area contributed by atoms with Crippen molar-refractivity contribution in [1.29, 1.82) is 0 Å². The molecular weight excluding hydrogens is 378 g/mol. The van der Waals surface area contributed by atoms with E-state index in [1.807, 2.05) is 5.38 Å². The second kappa shape index (κ2) is 8.06. The van der Waals surface area contributed by atoms with E-state index in [-0.39, 0.29) is 30.7 Å². The van der Waals surface area contributed by atoms with E-state index in [1.54, 1.807) is 23.1 Å². The number of amides is 2. The van der Waals surface area contributed by atoms with Crippen LogP contribution in [0.3, 0.4) is 0 Å². The molecule has 11 heteroatoms. The van der Waals surface area contributed by atoms with E-state index in [0.717, 1.165) is 15.7 Å². The van der Waals surface area contributed by atoms with Crippen molar-refractivity contribution in [3.05, 3.63) is 29.5 Å². The quantitative estimate of drug-likeness (QED) is 0.642. The Kier molecular flexibility index (Phi) is 5.79.